The van der Waals surface area contributed by atoms with E-state index in [1.165, 1.54) is 12.8 Å². The van der Waals surface area contributed by atoms with Crippen LogP contribution in [0, 0.1) is 5.92 Å². The molecule has 2 aromatic heterocycles. The number of nitrogens with zero attached hydrogens (tertiary/aromatic N) is 4. The van der Waals surface area contributed by atoms with Crippen LogP contribution in [0.25, 0.3) is 5.65 Å². The average molecular weight is 235 g/mol. The van der Waals surface area contributed by atoms with Gasteiger partial charge in [0.05, 0.1) is 6.20 Å². The Bertz CT molecular complexity index is 505. The molecule has 1 aliphatic carbocycles. The van der Waals surface area contributed by atoms with Gasteiger partial charge < -0.3 is 5.32 Å². The van der Waals surface area contributed by atoms with Crippen molar-refractivity contribution in [2.45, 2.75) is 18.0 Å². The highest BCUT2D eigenvalue weighted by molar-refractivity contribution is 7.98. The first-order valence-corrected chi connectivity index (χ1v) is 6.59. The zero-order chi connectivity index (χ0) is 11.0. The number of fused-ring (bicyclic) bond motifs is 1. The highest BCUT2D eigenvalue weighted by Crippen LogP contribution is 2.28. The second kappa shape index (κ2) is 3.93. The topological polar surface area (TPSA) is 55.1 Å². The van der Waals surface area contributed by atoms with Crippen LogP contribution in [0.1, 0.15) is 12.8 Å². The predicted octanol–water partition coefficient (Wildman–Crippen LogP) is 1.67. The lowest BCUT2D eigenvalue weighted by molar-refractivity contribution is 0.804. The predicted molar refractivity (Wildman–Crippen MR) is 63.8 cm³/mol. The molecule has 16 heavy (non-hydrogen) atoms. The molecule has 1 N–H and O–H groups in total. The van der Waals surface area contributed by atoms with Crippen molar-refractivity contribution in [3.63, 3.8) is 0 Å². The van der Waals surface area contributed by atoms with Crippen LogP contribution in [0.3, 0.4) is 0 Å². The molecule has 0 aromatic carbocycles. The molecular weight excluding hydrogens is 222 g/mol. The summed E-state index contributed by atoms with van der Waals surface area (Å²) in [7, 11) is 0. The van der Waals surface area contributed by atoms with E-state index in [1.807, 2.05) is 12.3 Å². The minimum atomic E-state index is 0.784. The van der Waals surface area contributed by atoms with Crippen molar-refractivity contribution in [1.82, 2.24) is 19.6 Å². The molecule has 0 spiro atoms. The van der Waals surface area contributed by atoms with E-state index in [1.54, 1.807) is 22.5 Å². The Kier molecular flexibility index (Phi) is 2.43. The van der Waals surface area contributed by atoms with Crippen molar-refractivity contribution in [3.8, 4) is 0 Å². The van der Waals surface area contributed by atoms with Gasteiger partial charge in [0.25, 0.3) is 0 Å². The number of anilines is 1. The largest absolute Gasteiger partial charge is 0.354 e. The Balaban J connectivity index is 1.94. The summed E-state index contributed by atoms with van der Waals surface area (Å²) >= 11 is 1.55. The van der Waals surface area contributed by atoms with E-state index in [0.29, 0.717) is 0 Å². The van der Waals surface area contributed by atoms with Gasteiger partial charge in [-0.3, -0.25) is 0 Å². The van der Waals surface area contributed by atoms with E-state index in [0.717, 1.165) is 29.2 Å². The number of aromatic nitrogens is 4. The number of hydrogen-bond acceptors (Lipinski definition) is 5. The number of rotatable bonds is 4. The van der Waals surface area contributed by atoms with E-state index in [9.17, 15) is 0 Å². The molecule has 0 radical (unpaired) electrons. The molecule has 6 heteroatoms. The summed E-state index contributed by atoms with van der Waals surface area (Å²) in [5.41, 5.74) is 0.845. The van der Waals surface area contributed by atoms with Gasteiger partial charge in [0.15, 0.2) is 10.8 Å². The van der Waals surface area contributed by atoms with Gasteiger partial charge in [-0.1, -0.05) is 11.8 Å². The number of thioether (sulfide) groups is 1. The fraction of sp³-hybridized carbons (Fsp3) is 0.500. The first-order chi connectivity index (χ1) is 7.86. The molecule has 3 rings (SSSR count). The Morgan fingerprint density at radius 3 is 3.12 bits per heavy atom. The molecule has 1 saturated carbocycles. The van der Waals surface area contributed by atoms with E-state index in [2.05, 4.69) is 20.4 Å². The first-order valence-electron chi connectivity index (χ1n) is 5.36. The molecule has 0 saturated heterocycles. The van der Waals surface area contributed by atoms with E-state index in [4.69, 9.17) is 0 Å². The first kappa shape index (κ1) is 9.89. The monoisotopic (exact) mass is 235 g/mol. The Morgan fingerprint density at radius 2 is 2.38 bits per heavy atom. The second-order valence-electron chi connectivity index (χ2n) is 3.96. The third-order valence-electron chi connectivity index (χ3n) is 2.66. The summed E-state index contributed by atoms with van der Waals surface area (Å²) in [5, 5.41) is 8.34. The number of nitrogens with one attached hydrogen (secondary N) is 1. The summed E-state index contributed by atoms with van der Waals surface area (Å²) in [6.07, 6.45) is 6.38. The van der Waals surface area contributed by atoms with Crippen molar-refractivity contribution in [2.75, 3.05) is 18.1 Å². The lowest BCUT2D eigenvalue weighted by Gasteiger charge is -2.07. The SMILES string of the molecule is CSc1nc(NCC2CC2)n2nccc2n1. The van der Waals surface area contributed by atoms with Crippen LogP contribution in [0.2, 0.25) is 0 Å². The second-order valence-corrected chi connectivity index (χ2v) is 4.73. The van der Waals surface area contributed by atoms with Gasteiger partial charge in [0, 0.05) is 12.6 Å². The van der Waals surface area contributed by atoms with E-state index >= 15 is 0 Å². The fourth-order valence-corrected chi connectivity index (χ4v) is 1.93. The van der Waals surface area contributed by atoms with Crippen molar-refractivity contribution in [1.29, 1.82) is 0 Å². The molecule has 2 heterocycles. The molecular formula is C10H13N5S. The highest BCUT2D eigenvalue weighted by atomic mass is 32.2. The van der Waals surface area contributed by atoms with Gasteiger partial charge in [-0.25, -0.2) is 4.98 Å². The normalized spacial score (nSPS) is 15.6. The van der Waals surface area contributed by atoms with Gasteiger partial charge in [-0.15, -0.1) is 0 Å². The van der Waals surface area contributed by atoms with Crippen LogP contribution in [-0.4, -0.2) is 32.4 Å². The van der Waals surface area contributed by atoms with Gasteiger partial charge in [-0.05, 0) is 25.0 Å². The van der Waals surface area contributed by atoms with Crippen molar-refractivity contribution in [3.05, 3.63) is 12.3 Å². The average Bonchev–Trinajstić information content (AvgIpc) is 3.02. The number of hydrogen-bond donors (Lipinski definition) is 1. The van der Waals surface area contributed by atoms with Crippen LogP contribution >= 0.6 is 11.8 Å². The standard InChI is InChI=1S/C10H13N5S/c1-16-10-13-8-4-5-12-15(8)9(14-10)11-6-7-2-3-7/h4-5,7H,2-3,6H2,1H3,(H,11,13,14). The minimum Gasteiger partial charge on any atom is -0.354 e. The minimum absolute atomic E-state index is 0.784. The van der Waals surface area contributed by atoms with Crippen LogP contribution in [0.15, 0.2) is 17.4 Å². The molecule has 1 aliphatic rings. The molecule has 0 unspecified atom stereocenters. The van der Waals surface area contributed by atoms with Crippen LogP contribution < -0.4 is 5.32 Å². The summed E-state index contributed by atoms with van der Waals surface area (Å²) in [4.78, 5) is 8.80. The van der Waals surface area contributed by atoms with Crippen molar-refractivity contribution in [2.24, 2.45) is 5.92 Å². The summed E-state index contributed by atoms with van der Waals surface area (Å²) in [6.45, 7) is 0.986. The maximum absolute atomic E-state index is 4.43. The molecule has 0 bridgehead atoms. The molecule has 5 nitrogen and oxygen atoms in total. The zero-order valence-corrected chi connectivity index (χ0v) is 9.87. The Morgan fingerprint density at radius 1 is 1.50 bits per heavy atom. The van der Waals surface area contributed by atoms with Gasteiger partial charge in [0.2, 0.25) is 5.95 Å². The maximum Gasteiger partial charge on any atom is 0.228 e. The molecule has 1 fully saturated rings. The van der Waals surface area contributed by atoms with Crippen LogP contribution in [0.4, 0.5) is 5.95 Å². The highest BCUT2D eigenvalue weighted by Gasteiger charge is 2.21. The molecule has 0 amide bonds. The third-order valence-corrected chi connectivity index (χ3v) is 3.21. The molecule has 0 aliphatic heterocycles. The smallest absolute Gasteiger partial charge is 0.228 e. The van der Waals surface area contributed by atoms with Gasteiger partial charge in [-0.2, -0.15) is 14.6 Å². The maximum atomic E-state index is 4.43. The lowest BCUT2D eigenvalue weighted by Crippen LogP contribution is -2.11. The lowest BCUT2D eigenvalue weighted by atomic mass is 10.4. The van der Waals surface area contributed by atoms with E-state index < -0.39 is 0 Å². The van der Waals surface area contributed by atoms with Crippen molar-refractivity contribution < 1.29 is 0 Å². The zero-order valence-electron chi connectivity index (χ0n) is 9.05. The Labute approximate surface area is 97.7 Å². The van der Waals surface area contributed by atoms with Gasteiger partial charge >= 0.3 is 0 Å². The van der Waals surface area contributed by atoms with Crippen LogP contribution in [-0.2, 0) is 0 Å². The van der Waals surface area contributed by atoms with E-state index in [-0.39, 0.29) is 0 Å². The summed E-state index contributed by atoms with van der Waals surface area (Å²) < 4.78 is 1.75. The van der Waals surface area contributed by atoms with Gasteiger partial charge in [0.1, 0.15) is 0 Å². The fourth-order valence-electron chi connectivity index (χ4n) is 1.57. The van der Waals surface area contributed by atoms with Crippen molar-refractivity contribution >= 4 is 23.4 Å². The summed E-state index contributed by atoms with van der Waals surface area (Å²) in [6, 6.07) is 1.89. The van der Waals surface area contributed by atoms with Crippen LogP contribution in [0.5, 0.6) is 0 Å². The molecule has 0 atom stereocenters. The third kappa shape index (κ3) is 1.84. The quantitative estimate of drug-likeness (QED) is 0.817. The Hall–Kier alpha value is -1.30. The molecule has 84 valence electrons. The molecule has 2 aromatic rings. The summed E-state index contributed by atoms with van der Waals surface area (Å²) in [5.74, 6) is 1.62.